The molecule has 0 aromatic carbocycles. The second-order valence-corrected chi connectivity index (χ2v) is 13.0. The van der Waals surface area contributed by atoms with Crippen LogP contribution in [0, 0.1) is 0 Å². The number of aromatic nitrogens is 8. The van der Waals surface area contributed by atoms with E-state index in [1.807, 2.05) is 0 Å². The first-order valence-corrected chi connectivity index (χ1v) is 16.5. The smallest absolute Gasteiger partial charge is 0.382 e. The number of hydrogen-bond acceptors (Lipinski definition) is 16. The Morgan fingerprint density at radius 3 is 2.60 bits per heavy atom. The number of halogens is 1. The number of nitrogens with one attached hydrogen (secondary N) is 1. The van der Waals surface area contributed by atoms with Gasteiger partial charge in [-0.15, -0.1) is 0 Å². The summed E-state index contributed by atoms with van der Waals surface area (Å²) in [5, 5.41) is 0. The highest BCUT2D eigenvalue weighted by Crippen LogP contribution is 2.52. The molecule has 0 amide bonds. The molecule has 0 radical (unpaired) electrons. The third kappa shape index (κ3) is 5.40. The Hall–Kier alpha value is -3.17. The summed E-state index contributed by atoms with van der Waals surface area (Å²) in [6.45, 7) is -0.844. The molecule has 3 aliphatic heterocycles. The minimum atomic E-state index is -4.95. The number of phosphoric acid groups is 1. The van der Waals surface area contributed by atoms with E-state index in [4.69, 9.17) is 43.8 Å². The Kier molecular flexibility index (Phi) is 7.84. The predicted molar refractivity (Wildman–Crippen MR) is 153 cm³/mol. The molecule has 45 heavy (non-hydrogen) atoms. The molecule has 7 heterocycles. The van der Waals surface area contributed by atoms with E-state index in [0.29, 0.717) is 0 Å². The van der Waals surface area contributed by atoms with Crippen LogP contribution in [0.15, 0.2) is 23.8 Å². The van der Waals surface area contributed by atoms with Gasteiger partial charge in [-0.25, -0.2) is 28.9 Å². The molecule has 4 aromatic heterocycles. The van der Waals surface area contributed by atoms with Crippen molar-refractivity contribution in [3.05, 3.63) is 29.3 Å². The van der Waals surface area contributed by atoms with Gasteiger partial charge in [-0.05, 0) is 0 Å². The van der Waals surface area contributed by atoms with Crippen molar-refractivity contribution in [2.24, 2.45) is 0 Å². The quantitative estimate of drug-likeness (QED) is 0.151. The number of imidazole rings is 2. The fraction of sp³-hybridized carbons (Fsp3) is 0.524. The molecule has 7 rings (SSSR count). The Labute approximate surface area is 253 Å². The van der Waals surface area contributed by atoms with E-state index >= 15 is 4.39 Å². The number of methoxy groups -OCH3 is 1. The third-order valence-corrected chi connectivity index (χ3v) is 9.60. The van der Waals surface area contributed by atoms with Gasteiger partial charge in [-0.1, -0.05) is 0 Å². The highest BCUT2D eigenvalue weighted by atomic mass is 31.2. The number of hydrogen-bond donors (Lipinski definition) is 4. The first-order chi connectivity index (χ1) is 21.5. The number of nitrogens with zero attached hydrogens (tertiary/aromatic N) is 7. The topological polar surface area (TPSA) is 261 Å². The van der Waals surface area contributed by atoms with E-state index in [2.05, 4.69) is 29.9 Å². The van der Waals surface area contributed by atoms with Gasteiger partial charge in [0.2, 0.25) is 13.5 Å². The van der Waals surface area contributed by atoms with Crippen LogP contribution in [0.1, 0.15) is 12.5 Å². The molecular formula is C21H26BFN10O10P2. The summed E-state index contributed by atoms with van der Waals surface area (Å²) in [5.41, 5.74) is 11.6. The SMILES string of the molecule is B[P@]1OCC2O[C@@H](n3cnc4c(N)ncnc43)[C@@H](F)[C@H]2OP(=O)(O)OCC2OC(n3cnc4c(=O)[nH]c(N)nc43)[C@@H](O1)[C@H]2OC. The van der Waals surface area contributed by atoms with Crippen LogP contribution < -0.4 is 17.0 Å². The van der Waals surface area contributed by atoms with Crippen LogP contribution >= 0.6 is 16.1 Å². The molecule has 6 N–H and O–H groups in total. The zero-order valence-corrected chi connectivity index (χ0v) is 25.2. The van der Waals surface area contributed by atoms with E-state index in [-0.39, 0.29) is 40.7 Å². The molecule has 20 nitrogen and oxygen atoms in total. The number of ether oxygens (including phenoxy) is 3. The average Bonchev–Trinajstić information content (AvgIpc) is 3.75. The summed E-state index contributed by atoms with van der Waals surface area (Å²) in [4.78, 5) is 45.9. The molecular weight excluding hydrogens is 644 g/mol. The van der Waals surface area contributed by atoms with Gasteiger partial charge in [0, 0.05) is 7.11 Å². The van der Waals surface area contributed by atoms with E-state index in [1.54, 1.807) is 7.57 Å². The summed E-state index contributed by atoms with van der Waals surface area (Å²) in [5.74, 6) is -0.0692. The number of fused-ring (bicyclic) bond motifs is 5. The number of alkyl halides is 1. The zero-order chi connectivity index (χ0) is 31.6. The van der Waals surface area contributed by atoms with Gasteiger partial charge >= 0.3 is 7.82 Å². The van der Waals surface area contributed by atoms with Crippen LogP contribution in [0.4, 0.5) is 16.2 Å². The van der Waals surface area contributed by atoms with Crippen LogP contribution in [0.5, 0.6) is 0 Å². The monoisotopic (exact) mass is 670 g/mol. The van der Waals surface area contributed by atoms with Crippen molar-refractivity contribution in [1.82, 2.24) is 39.0 Å². The molecule has 24 heteroatoms. The molecule has 0 saturated carbocycles. The van der Waals surface area contributed by atoms with Gasteiger partial charge in [-0.3, -0.25) is 28.0 Å². The average molecular weight is 670 g/mol. The van der Waals surface area contributed by atoms with Crippen molar-refractivity contribution in [1.29, 1.82) is 0 Å². The van der Waals surface area contributed by atoms with E-state index in [0.717, 1.165) is 0 Å². The van der Waals surface area contributed by atoms with Crippen molar-refractivity contribution < 1.29 is 46.2 Å². The summed E-state index contributed by atoms with van der Waals surface area (Å²) in [6, 6.07) is 0. The first-order valence-electron chi connectivity index (χ1n) is 13.4. The minimum absolute atomic E-state index is 0.00234. The lowest BCUT2D eigenvalue weighted by Gasteiger charge is -2.27. The van der Waals surface area contributed by atoms with Crippen LogP contribution in [0.25, 0.3) is 22.3 Å². The Bertz CT molecular complexity index is 1850. The van der Waals surface area contributed by atoms with Crippen LogP contribution in [-0.2, 0) is 36.9 Å². The van der Waals surface area contributed by atoms with E-state index in [9.17, 15) is 14.3 Å². The Balaban J connectivity index is 1.19. The van der Waals surface area contributed by atoms with Gasteiger partial charge < -0.3 is 39.6 Å². The maximum atomic E-state index is 16.0. The van der Waals surface area contributed by atoms with Gasteiger partial charge in [0.25, 0.3) is 5.56 Å². The lowest BCUT2D eigenvalue weighted by Crippen LogP contribution is -2.37. The maximum absolute atomic E-state index is 16.0. The number of H-pyrrole nitrogens is 1. The summed E-state index contributed by atoms with van der Waals surface area (Å²) in [7, 11) is -3.66. The number of nitrogens with two attached hydrogens (primary N) is 2. The standard InChI is InChI=1S/C21H26BFN10O10P2/c1-37-13-8-3-39-45(35,36)43-12-7(40-19(9(12)23)32-5-28-10-15(24)26-4-27-16(10)32)2-38-44(22)42-14(13)20(41-8)33-6-29-11-17(33)30-21(25)31-18(11)34/h4-9,12-14,19-20H,2-3,22H2,1H3,(H,35,36)(H2,24,26,27)(H3,25,30,31,34)/t7?,8?,9-,12-,13-,14-,19+,20?,44+/m0/s1. The fourth-order valence-corrected chi connectivity index (χ4v) is 7.50. The van der Waals surface area contributed by atoms with E-state index in [1.165, 1.54) is 35.2 Å². The molecule has 4 aromatic rings. The lowest BCUT2D eigenvalue weighted by molar-refractivity contribution is -0.0617. The molecule has 0 aliphatic carbocycles. The molecule has 4 unspecified atom stereocenters. The van der Waals surface area contributed by atoms with Gasteiger partial charge in [0.1, 0.15) is 50.6 Å². The molecule has 3 saturated heterocycles. The van der Waals surface area contributed by atoms with Crippen molar-refractivity contribution >= 4 is 57.7 Å². The zero-order valence-electron chi connectivity index (χ0n) is 23.4. The van der Waals surface area contributed by atoms with Crippen molar-refractivity contribution in [2.75, 3.05) is 31.8 Å². The van der Waals surface area contributed by atoms with Gasteiger partial charge in [0.15, 0.2) is 41.3 Å². The Morgan fingerprint density at radius 2 is 1.82 bits per heavy atom. The molecule has 10 atom stereocenters. The van der Waals surface area contributed by atoms with E-state index < -0.39 is 77.4 Å². The second-order valence-electron chi connectivity index (χ2n) is 10.3. The normalized spacial score (nSPS) is 36.0. The molecule has 0 spiro atoms. The first kappa shape index (κ1) is 30.5. The van der Waals surface area contributed by atoms with Gasteiger partial charge in [-0.2, -0.15) is 4.98 Å². The minimum Gasteiger partial charge on any atom is -0.382 e. The van der Waals surface area contributed by atoms with Crippen LogP contribution in [0.2, 0.25) is 0 Å². The van der Waals surface area contributed by atoms with Crippen molar-refractivity contribution in [2.45, 2.75) is 49.1 Å². The number of nitrogen functional groups attached to an aromatic ring is 2. The Morgan fingerprint density at radius 1 is 1.09 bits per heavy atom. The summed E-state index contributed by atoms with van der Waals surface area (Å²) < 4.78 is 72.5. The van der Waals surface area contributed by atoms with Crippen LogP contribution in [-0.4, -0.2) is 109 Å². The number of aromatic amines is 1. The highest BCUT2D eigenvalue weighted by molar-refractivity contribution is 7.74. The molecule has 2 bridgehead atoms. The number of rotatable bonds is 3. The van der Waals surface area contributed by atoms with Crippen LogP contribution in [0.3, 0.4) is 0 Å². The predicted octanol–water partition coefficient (Wildman–Crippen LogP) is -0.951. The lowest BCUT2D eigenvalue weighted by atomic mass is 10.1. The molecule has 3 fully saturated rings. The summed E-state index contributed by atoms with van der Waals surface area (Å²) >= 11 is 0. The van der Waals surface area contributed by atoms with Crippen molar-refractivity contribution in [3.63, 3.8) is 0 Å². The highest BCUT2D eigenvalue weighted by Gasteiger charge is 2.53. The summed E-state index contributed by atoms with van der Waals surface area (Å²) in [6.07, 6.45) is -6.22. The van der Waals surface area contributed by atoms with Crippen molar-refractivity contribution in [3.8, 4) is 0 Å². The third-order valence-electron chi connectivity index (χ3n) is 7.56. The largest absolute Gasteiger partial charge is 0.472 e. The fourth-order valence-electron chi connectivity index (χ4n) is 5.56. The number of phosphoric ester groups is 1. The van der Waals surface area contributed by atoms with Gasteiger partial charge in [0.05, 0.1) is 25.9 Å². The number of anilines is 2. The molecule has 3 aliphatic rings. The molecule has 240 valence electrons. The maximum Gasteiger partial charge on any atom is 0.472 e. The second kappa shape index (κ2) is 11.6.